The number of likely N-dealkylation sites (tertiary alicyclic amines) is 1. The van der Waals surface area contributed by atoms with E-state index in [0.717, 1.165) is 73.0 Å². The first-order valence-corrected chi connectivity index (χ1v) is 26.6. The first kappa shape index (κ1) is 47.9. The Kier molecular flexibility index (Phi) is 14.4. The van der Waals surface area contributed by atoms with Gasteiger partial charge in [0, 0.05) is 17.4 Å². The minimum absolute atomic E-state index is 0.0383. The third-order valence-electron chi connectivity index (χ3n) is 13.9. The molecule has 2 N–H and O–H groups in total. The van der Waals surface area contributed by atoms with E-state index < -0.39 is 57.9 Å². The van der Waals surface area contributed by atoms with Gasteiger partial charge < -0.3 is 29.4 Å². The lowest BCUT2D eigenvalue weighted by atomic mass is 9.77. The molecule has 5 heterocycles. The number of aromatic nitrogens is 1. The summed E-state index contributed by atoms with van der Waals surface area (Å²) >= 11 is 1.29. The quantitative estimate of drug-likeness (QED) is 0.0244. The van der Waals surface area contributed by atoms with Gasteiger partial charge in [0.2, 0.25) is 6.29 Å². The number of esters is 1. The average Bonchev–Trinajstić information content (AvgIpc) is 3.88. The first-order valence-electron chi connectivity index (χ1n) is 24.3. The number of piperidine rings is 1. The second-order valence-corrected chi connectivity index (χ2v) is 21.2. The zero-order chi connectivity index (χ0) is 48.8. The molecule has 5 aromatic carbocycles. The maximum absolute atomic E-state index is 14.9. The summed E-state index contributed by atoms with van der Waals surface area (Å²) in [7, 11) is 0.449. The number of β-lactam (4-membered cyclic amide) rings is 1. The largest absolute Gasteiger partial charge is 0.448 e. The van der Waals surface area contributed by atoms with Crippen LogP contribution in [-0.4, -0.2) is 98.8 Å². The zero-order valence-electron chi connectivity index (χ0n) is 39.6. The molecule has 4 aliphatic heterocycles. The van der Waals surface area contributed by atoms with Gasteiger partial charge in [0.05, 0.1) is 43.3 Å². The van der Waals surface area contributed by atoms with Gasteiger partial charge in [-0.2, -0.15) is 0 Å². The van der Waals surface area contributed by atoms with E-state index >= 15 is 0 Å². The molecular formula is C56H57N6O7S2+. The van der Waals surface area contributed by atoms with Crippen LogP contribution < -0.4 is 10.6 Å². The van der Waals surface area contributed by atoms with Crippen LogP contribution in [0, 0.1) is 0 Å². The summed E-state index contributed by atoms with van der Waals surface area (Å²) in [6.45, 7) is 2.70. The summed E-state index contributed by atoms with van der Waals surface area (Å²) in [4.78, 5) is 56.5. The van der Waals surface area contributed by atoms with Crippen molar-refractivity contribution in [3.63, 3.8) is 0 Å². The second-order valence-electron chi connectivity index (χ2n) is 18.8. The minimum Gasteiger partial charge on any atom is -0.448 e. The highest BCUT2D eigenvalue weighted by Gasteiger charge is 2.58. The molecule has 3 saturated heterocycles. The van der Waals surface area contributed by atoms with Gasteiger partial charge >= 0.3 is 5.97 Å². The molecule has 4 aliphatic rings. The highest BCUT2D eigenvalue weighted by atomic mass is 32.2. The summed E-state index contributed by atoms with van der Waals surface area (Å²) < 4.78 is 27.4. The molecule has 0 bridgehead atoms. The lowest BCUT2D eigenvalue weighted by Crippen LogP contribution is -2.74. The van der Waals surface area contributed by atoms with Crippen LogP contribution in [0.5, 0.6) is 0 Å². The smallest absolute Gasteiger partial charge is 0.356 e. The van der Waals surface area contributed by atoms with Crippen LogP contribution in [0.3, 0.4) is 0 Å². The number of thiazole rings is 1. The number of anilines is 1. The number of hydrogen-bond donors (Lipinski definition) is 2. The van der Waals surface area contributed by atoms with E-state index in [2.05, 4.69) is 59.2 Å². The molecule has 1 aromatic heterocycles. The fourth-order valence-corrected chi connectivity index (χ4v) is 12.7. The first-order chi connectivity index (χ1) is 34.7. The Morgan fingerprint density at radius 2 is 1.38 bits per heavy atom. The van der Waals surface area contributed by atoms with Gasteiger partial charge in [-0.15, -0.1) is 11.3 Å². The molecule has 0 saturated carbocycles. The van der Waals surface area contributed by atoms with Crippen molar-refractivity contribution in [3.8, 4) is 0 Å². The van der Waals surface area contributed by atoms with E-state index in [1.807, 2.05) is 115 Å². The van der Waals surface area contributed by atoms with E-state index in [0.29, 0.717) is 34.8 Å². The highest BCUT2D eigenvalue weighted by Crippen LogP contribution is 2.42. The van der Waals surface area contributed by atoms with Gasteiger partial charge in [-0.25, -0.2) is 9.78 Å². The maximum atomic E-state index is 14.9. The minimum atomic E-state index is -1.70. The summed E-state index contributed by atoms with van der Waals surface area (Å²) in [6.07, 6.45) is 4.04. The zero-order valence-corrected chi connectivity index (χ0v) is 41.2. The molecule has 13 nitrogen and oxygen atoms in total. The highest BCUT2D eigenvalue weighted by molar-refractivity contribution is 7.86. The van der Waals surface area contributed by atoms with Crippen molar-refractivity contribution >= 4 is 50.8 Å². The number of oxime groups is 1. The molecule has 3 fully saturated rings. The Hall–Kier alpha value is -6.78. The van der Waals surface area contributed by atoms with E-state index in [4.69, 9.17) is 19.3 Å². The van der Waals surface area contributed by atoms with Crippen molar-refractivity contribution in [3.05, 3.63) is 202 Å². The van der Waals surface area contributed by atoms with Crippen molar-refractivity contribution in [1.82, 2.24) is 15.2 Å². The Labute approximate surface area is 420 Å². The molecule has 15 heteroatoms. The predicted molar refractivity (Wildman–Crippen MR) is 274 cm³/mol. The van der Waals surface area contributed by atoms with Crippen molar-refractivity contribution in [2.45, 2.75) is 67.9 Å². The monoisotopic (exact) mass is 989 g/mol. The van der Waals surface area contributed by atoms with Gasteiger partial charge in [0.25, 0.3) is 11.8 Å². The fourth-order valence-electron chi connectivity index (χ4n) is 10.3. The van der Waals surface area contributed by atoms with Crippen LogP contribution in [0.25, 0.3) is 0 Å². The number of carbonyl (C=O) groups is 3. The number of quaternary nitrogens is 1. The van der Waals surface area contributed by atoms with Crippen LogP contribution in [0.1, 0.15) is 78.1 Å². The number of rotatable bonds is 16. The molecule has 10 rings (SSSR count). The van der Waals surface area contributed by atoms with Crippen LogP contribution in [0.2, 0.25) is 0 Å². The fraction of sp³-hybridized carbons (Fsp3) is 0.304. The van der Waals surface area contributed by atoms with Crippen molar-refractivity contribution in [2.75, 3.05) is 44.4 Å². The number of ether oxygens (including phenoxy) is 2. The molecule has 0 aliphatic carbocycles. The molecule has 71 heavy (non-hydrogen) atoms. The van der Waals surface area contributed by atoms with Crippen LogP contribution in [0.4, 0.5) is 5.13 Å². The normalized spacial score (nSPS) is 21.2. The van der Waals surface area contributed by atoms with Crippen molar-refractivity contribution in [1.29, 1.82) is 0 Å². The molecule has 0 spiro atoms. The van der Waals surface area contributed by atoms with Crippen LogP contribution >= 0.6 is 11.3 Å². The van der Waals surface area contributed by atoms with Gasteiger partial charge in [-0.1, -0.05) is 157 Å². The Balaban J connectivity index is 0.968. The van der Waals surface area contributed by atoms with E-state index in [1.54, 1.807) is 5.38 Å². The predicted octanol–water partition coefficient (Wildman–Crippen LogP) is 8.43. The number of carbonyl (C=O) groups excluding carboxylic acids is 3. The third-order valence-corrected chi connectivity index (χ3v) is 16.3. The summed E-state index contributed by atoms with van der Waals surface area (Å²) in [6, 6.07) is 48.0. The maximum Gasteiger partial charge on any atom is 0.356 e. The van der Waals surface area contributed by atoms with Crippen molar-refractivity contribution in [2.24, 2.45) is 5.16 Å². The number of nitrogens with zero attached hydrogens (tertiary/aromatic N) is 4. The molecule has 6 aromatic rings. The lowest BCUT2D eigenvalue weighted by Gasteiger charge is -2.50. The molecular weight excluding hydrogens is 933 g/mol. The standard InChI is InChI=1S/C56H56N6O7S2/c1-62(33-19-7-20-34-62)36-41-38-71(66)53-48(52(64)61(53)49(41)54(65)68-50(39-22-8-2-9-23-39)40-24-10-3-11-25-40)58-51(63)47(60-69-46-32-18-21-35-67-46)45-37-70-55(57-45)59-56(42-26-12-4-13-27-42,43-28-14-5-15-29-43)44-30-16-6-17-31-44/h2-6,8-17,22-31,37,46,48,50,53H,7,18-21,32-36,38H2,1H3,(H-,57,58,59,63)/p+1/t46?,48?,53-,71?/m1/s1. The van der Waals surface area contributed by atoms with E-state index in [-0.39, 0.29) is 22.9 Å². The Bertz CT molecular complexity index is 2770. The van der Waals surface area contributed by atoms with Gasteiger partial charge in [0.15, 0.2) is 16.9 Å². The number of nitrogens with one attached hydrogen (secondary N) is 2. The number of hydrogen-bond acceptors (Lipinski definition) is 11. The number of fused-ring (bicyclic) bond motifs is 1. The Morgan fingerprint density at radius 1 is 0.817 bits per heavy atom. The van der Waals surface area contributed by atoms with Crippen molar-refractivity contribution < 1.29 is 37.4 Å². The van der Waals surface area contributed by atoms with Gasteiger partial charge in [-0.05, 0) is 59.9 Å². The number of amides is 2. The topological polar surface area (TPSA) is 149 Å². The molecule has 2 amide bonds. The van der Waals surface area contributed by atoms with E-state index in [9.17, 15) is 18.6 Å². The van der Waals surface area contributed by atoms with Crippen LogP contribution in [-0.2, 0) is 45.0 Å². The molecule has 364 valence electrons. The van der Waals surface area contributed by atoms with Gasteiger partial charge in [-0.3, -0.25) is 18.7 Å². The number of benzene rings is 5. The second kappa shape index (κ2) is 21.3. The Morgan fingerprint density at radius 3 is 1.93 bits per heavy atom. The SMILES string of the molecule is C[N+]1(CC2=C(C(=O)OC(c3ccccc3)c3ccccc3)N3C(=O)C(NC(=O)C(=NOC4CCCCO4)c4csc(NC(c5ccccc5)(c5ccccc5)c5ccccc5)n4)[C@H]3S(=O)C2)CCCCC1. The van der Waals surface area contributed by atoms with E-state index in [1.165, 1.54) is 16.2 Å². The molecule has 0 radical (unpaired) electrons. The average molecular weight is 990 g/mol. The third kappa shape index (κ3) is 10.1. The summed E-state index contributed by atoms with van der Waals surface area (Å²) in [5.41, 5.74) is 4.23. The van der Waals surface area contributed by atoms with Crippen LogP contribution in [0.15, 0.2) is 173 Å². The van der Waals surface area contributed by atoms with Gasteiger partial charge in [0.1, 0.15) is 34.9 Å². The molecule has 3 unspecified atom stereocenters. The molecule has 4 atom stereocenters. The summed E-state index contributed by atoms with van der Waals surface area (Å²) in [5.74, 6) is -1.99. The number of likely N-dealkylation sites (N-methyl/N-ethyl adjacent to an activating group) is 1. The summed E-state index contributed by atoms with van der Waals surface area (Å²) in [5, 5.41) is 12.2. The lowest BCUT2D eigenvalue weighted by molar-refractivity contribution is -0.909.